The first-order chi connectivity index (χ1) is 7.31. The van der Waals surface area contributed by atoms with Gasteiger partial charge in [-0.25, -0.2) is 4.98 Å². The zero-order chi connectivity index (χ0) is 10.7. The van der Waals surface area contributed by atoms with Crippen molar-refractivity contribution in [3.63, 3.8) is 0 Å². The highest BCUT2D eigenvalue weighted by Gasteiger charge is 2.23. The molecule has 1 saturated heterocycles. The van der Waals surface area contributed by atoms with Gasteiger partial charge in [0.15, 0.2) is 0 Å². The number of hydrogen-bond donors (Lipinski definition) is 0. The highest BCUT2D eigenvalue weighted by Crippen LogP contribution is 2.19. The van der Waals surface area contributed by atoms with Gasteiger partial charge in [0, 0.05) is 13.2 Å². The van der Waals surface area contributed by atoms with Crippen LogP contribution in [0.4, 0.5) is 10.2 Å². The quantitative estimate of drug-likeness (QED) is 0.712. The third-order valence-electron chi connectivity index (χ3n) is 2.68. The molecule has 82 valence electrons. The number of hydrogen-bond acceptors (Lipinski definition) is 3. The summed E-state index contributed by atoms with van der Waals surface area (Å²) in [5.41, 5.74) is 0. The Morgan fingerprint density at radius 2 is 2.47 bits per heavy atom. The van der Waals surface area contributed by atoms with Crippen molar-refractivity contribution >= 4 is 5.82 Å². The first kappa shape index (κ1) is 10.4. The highest BCUT2D eigenvalue weighted by atomic mass is 19.1. The van der Waals surface area contributed by atoms with Gasteiger partial charge in [0.2, 0.25) is 5.95 Å². The van der Waals surface area contributed by atoms with E-state index in [1.807, 2.05) is 13.0 Å². The number of anilines is 1. The molecule has 0 amide bonds. The Kier molecular flexibility index (Phi) is 3.16. The summed E-state index contributed by atoms with van der Waals surface area (Å²) >= 11 is 0. The normalized spacial score (nSPS) is 20.5. The second kappa shape index (κ2) is 4.57. The lowest BCUT2D eigenvalue weighted by Gasteiger charge is -2.27. The van der Waals surface area contributed by atoms with Crippen LogP contribution in [-0.4, -0.2) is 30.8 Å². The lowest BCUT2D eigenvalue weighted by molar-refractivity contribution is 0.193. The van der Waals surface area contributed by atoms with Crippen LogP contribution in [0.25, 0.3) is 0 Å². The molecule has 1 aliphatic rings. The summed E-state index contributed by atoms with van der Waals surface area (Å²) in [7, 11) is 0. The van der Waals surface area contributed by atoms with Crippen LogP contribution in [0, 0.1) is 5.95 Å². The average molecular weight is 210 g/mol. The highest BCUT2D eigenvalue weighted by molar-refractivity contribution is 5.39. The smallest absolute Gasteiger partial charge is 0.214 e. The van der Waals surface area contributed by atoms with Gasteiger partial charge in [-0.3, -0.25) is 0 Å². The van der Waals surface area contributed by atoms with Crippen LogP contribution in [0.15, 0.2) is 18.2 Å². The van der Waals surface area contributed by atoms with Crippen molar-refractivity contribution in [3.8, 4) is 0 Å². The Balaban J connectivity index is 2.18. The molecule has 1 aromatic rings. The monoisotopic (exact) mass is 210 g/mol. The molecule has 0 aromatic carbocycles. The Morgan fingerprint density at radius 3 is 3.07 bits per heavy atom. The van der Waals surface area contributed by atoms with Gasteiger partial charge < -0.3 is 9.64 Å². The molecule has 4 heteroatoms. The van der Waals surface area contributed by atoms with Gasteiger partial charge >= 0.3 is 0 Å². The van der Waals surface area contributed by atoms with Gasteiger partial charge in [-0.15, -0.1) is 0 Å². The fraction of sp³-hybridized carbons (Fsp3) is 0.545. The molecule has 1 atom stereocenters. The maximum atomic E-state index is 13.0. The van der Waals surface area contributed by atoms with Crippen LogP contribution in [0.1, 0.15) is 13.3 Å². The average Bonchev–Trinajstić information content (AvgIpc) is 2.72. The molecule has 0 bridgehead atoms. The number of likely N-dealkylation sites (N-methyl/N-ethyl adjacent to an activating group) is 1. The lowest BCUT2D eigenvalue weighted by Crippen LogP contribution is -2.36. The van der Waals surface area contributed by atoms with Gasteiger partial charge in [-0.1, -0.05) is 6.07 Å². The summed E-state index contributed by atoms with van der Waals surface area (Å²) in [4.78, 5) is 5.99. The zero-order valence-electron chi connectivity index (χ0n) is 8.82. The Bertz CT molecular complexity index is 326. The van der Waals surface area contributed by atoms with Crippen LogP contribution in [0.3, 0.4) is 0 Å². The molecule has 1 aromatic heterocycles. The first-order valence-electron chi connectivity index (χ1n) is 5.28. The summed E-state index contributed by atoms with van der Waals surface area (Å²) in [6.07, 6.45) is 0.992. The van der Waals surface area contributed by atoms with Gasteiger partial charge in [-0.05, 0) is 25.5 Å². The van der Waals surface area contributed by atoms with E-state index in [9.17, 15) is 4.39 Å². The summed E-state index contributed by atoms with van der Waals surface area (Å²) in [6, 6.07) is 5.23. The van der Waals surface area contributed by atoms with Crippen molar-refractivity contribution in [2.75, 3.05) is 24.7 Å². The van der Waals surface area contributed by atoms with E-state index in [2.05, 4.69) is 9.88 Å². The van der Waals surface area contributed by atoms with E-state index in [1.54, 1.807) is 6.07 Å². The van der Waals surface area contributed by atoms with E-state index in [1.165, 1.54) is 6.07 Å². The predicted octanol–water partition coefficient (Wildman–Crippen LogP) is 1.84. The van der Waals surface area contributed by atoms with E-state index in [0.29, 0.717) is 18.5 Å². The van der Waals surface area contributed by atoms with E-state index in [4.69, 9.17) is 4.74 Å². The third-order valence-corrected chi connectivity index (χ3v) is 2.68. The maximum absolute atomic E-state index is 13.0. The van der Waals surface area contributed by atoms with E-state index in [-0.39, 0.29) is 0 Å². The molecule has 0 aliphatic carbocycles. The summed E-state index contributed by atoms with van der Waals surface area (Å²) < 4.78 is 18.3. The lowest BCUT2D eigenvalue weighted by atomic mass is 10.2. The second-order valence-electron chi connectivity index (χ2n) is 3.62. The molecule has 2 heterocycles. The van der Waals surface area contributed by atoms with E-state index < -0.39 is 5.95 Å². The minimum atomic E-state index is -0.426. The van der Waals surface area contributed by atoms with Gasteiger partial charge in [-0.2, -0.15) is 4.39 Å². The molecule has 15 heavy (non-hydrogen) atoms. The van der Waals surface area contributed by atoms with Crippen molar-refractivity contribution in [1.82, 2.24) is 4.98 Å². The van der Waals surface area contributed by atoms with Crippen molar-refractivity contribution in [1.29, 1.82) is 0 Å². The largest absolute Gasteiger partial charge is 0.379 e. The van der Waals surface area contributed by atoms with Crippen molar-refractivity contribution in [2.45, 2.75) is 19.4 Å². The molecule has 1 unspecified atom stereocenters. The predicted molar refractivity (Wildman–Crippen MR) is 56.4 cm³/mol. The summed E-state index contributed by atoms with van der Waals surface area (Å²) in [5, 5.41) is 0. The molecule has 1 fully saturated rings. The Hall–Kier alpha value is -1.16. The van der Waals surface area contributed by atoms with Crippen LogP contribution in [-0.2, 0) is 4.74 Å². The number of ether oxygens (including phenoxy) is 1. The Morgan fingerprint density at radius 1 is 1.60 bits per heavy atom. The van der Waals surface area contributed by atoms with Crippen LogP contribution in [0.2, 0.25) is 0 Å². The molecule has 3 nitrogen and oxygen atoms in total. The number of rotatable bonds is 3. The van der Waals surface area contributed by atoms with Crippen LogP contribution in [0.5, 0.6) is 0 Å². The minimum Gasteiger partial charge on any atom is -0.379 e. The van der Waals surface area contributed by atoms with Crippen LogP contribution < -0.4 is 4.90 Å². The topological polar surface area (TPSA) is 25.4 Å². The standard InChI is InChI=1S/C11H15FN2O/c1-2-14(9-6-7-15-8-9)11-5-3-4-10(12)13-11/h3-5,9H,2,6-8H2,1H3. The molecule has 1 aliphatic heterocycles. The van der Waals surface area contributed by atoms with E-state index in [0.717, 1.165) is 19.6 Å². The van der Waals surface area contributed by atoms with Gasteiger partial charge in [0.05, 0.1) is 12.6 Å². The number of nitrogens with zero attached hydrogens (tertiary/aromatic N) is 2. The second-order valence-corrected chi connectivity index (χ2v) is 3.62. The van der Waals surface area contributed by atoms with Crippen LogP contribution >= 0.6 is 0 Å². The number of aromatic nitrogens is 1. The van der Waals surface area contributed by atoms with E-state index >= 15 is 0 Å². The summed E-state index contributed by atoms with van der Waals surface area (Å²) in [5.74, 6) is 0.276. The molecule has 0 saturated carbocycles. The zero-order valence-corrected chi connectivity index (χ0v) is 8.82. The Labute approximate surface area is 88.9 Å². The van der Waals surface area contributed by atoms with Gasteiger partial charge in [0.1, 0.15) is 5.82 Å². The van der Waals surface area contributed by atoms with Gasteiger partial charge in [0.25, 0.3) is 0 Å². The molecule has 2 rings (SSSR count). The first-order valence-corrected chi connectivity index (χ1v) is 5.28. The summed E-state index contributed by atoms with van der Waals surface area (Å²) in [6.45, 7) is 4.37. The SMILES string of the molecule is CCN(c1cccc(F)n1)C1CCOC1. The third kappa shape index (κ3) is 2.26. The van der Waals surface area contributed by atoms with Crippen molar-refractivity contribution in [2.24, 2.45) is 0 Å². The number of pyridine rings is 1. The molecule has 0 N–H and O–H groups in total. The fourth-order valence-electron chi connectivity index (χ4n) is 1.93. The van der Waals surface area contributed by atoms with Crippen molar-refractivity contribution < 1.29 is 9.13 Å². The molecular weight excluding hydrogens is 195 g/mol. The fourth-order valence-corrected chi connectivity index (χ4v) is 1.93. The molecule has 0 radical (unpaired) electrons. The number of halogens is 1. The maximum Gasteiger partial charge on any atom is 0.214 e. The molecule has 0 spiro atoms. The molecular formula is C11H15FN2O. The van der Waals surface area contributed by atoms with Crippen molar-refractivity contribution in [3.05, 3.63) is 24.1 Å². The minimum absolute atomic E-state index is 0.337.